The van der Waals surface area contributed by atoms with E-state index in [-0.39, 0.29) is 11.8 Å². The Labute approximate surface area is 130 Å². The number of para-hydroxylation sites is 2. The van der Waals surface area contributed by atoms with Crippen molar-refractivity contribution < 1.29 is 4.79 Å². The molecular weight excluding hydrogens is 276 g/mol. The first kappa shape index (κ1) is 14.4. The number of amides is 1. The number of carbonyl (C=O) groups is 1. The maximum absolute atomic E-state index is 12.3. The molecule has 1 amide bonds. The van der Waals surface area contributed by atoms with E-state index in [4.69, 9.17) is 5.73 Å². The normalized spacial score (nSPS) is 15.5. The molecule has 0 aliphatic carbocycles. The molecule has 0 saturated carbocycles. The van der Waals surface area contributed by atoms with Gasteiger partial charge in [-0.1, -0.05) is 12.1 Å². The van der Waals surface area contributed by atoms with Gasteiger partial charge >= 0.3 is 0 Å². The van der Waals surface area contributed by atoms with Gasteiger partial charge in [-0.2, -0.15) is 0 Å². The first-order valence-corrected chi connectivity index (χ1v) is 7.54. The van der Waals surface area contributed by atoms with Crippen molar-refractivity contribution in [3.8, 4) is 0 Å². The van der Waals surface area contributed by atoms with Crippen molar-refractivity contribution in [3.63, 3.8) is 0 Å². The van der Waals surface area contributed by atoms with Crippen molar-refractivity contribution in [2.24, 2.45) is 5.92 Å². The maximum Gasteiger partial charge on any atom is 0.227 e. The molecule has 0 radical (unpaired) electrons. The molecule has 0 spiro atoms. The second kappa shape index (κ2) is 6.47. The summed E-state index contributed by atoms with van der Waals surface area (Å²) in [5.41, 5.74) is 8.68. The second-order valence-electron chi connectivity index (χ2n) is 5.55. The molecule has 2 heterocycles. The van der Waals surface area contributed by atoms with Crippen LogP contribution in [0.5, 0.6) is 0 Å². The Morgan fingerprint density at radius 1 is 1.14 bits per heavy atom. The van der Waals surface area contributed by atoms with Gasteiger partial charge in [0.15, 0.2) is 0 Å². The van der Waals surface area contributed by atoms with Crippen molar-refractivity contribution in [2.45, 2.75) is 12.8 Å². The fraction of sp³-hybridized carbons (Fsp3) is 0.294. The van der Waals surface area contributed by atoms with Crippen molar-refractivity contribution in [3.05, 3.63) is 48.8 Å². The van der Waals surface area contributed by atoms with Gasteiger partial charge in [0.2, 0.25) is 5.91 Å². The monoisotopic (exact) mass is 296 g/mol. The molecule has 3 rings (SSSR count). The van der Waals surface area contributed by atoms with E-state index in [1.165, 1.54) is 0 Å². The summed E-state index contributed by atoms with van der Waals surface area (Å²) in [6, 6.07) is 11.5. The topological polar surface area (TPSA) is 71.2 Å². The number of nitrogen functional groups attached to an aromatic ring is 1. The summed E-state index contributed by atoms with van der Waals surface area (Å²) in [6.45, 7) is 1.70. The minimum atomic E-state index is 0.0503. The van der Waals surface area contributed by atoms with E-state index in [1.807, 2.05) is 24.3 Å². The predicted molar refractivity (Wildman–Crippen MR) is 88.7 cm³/mol. The number of piperidine rings is 1. The number of rotatable bonds is 3. The Hall–Kier alpha value is -2.56. The van der Waals surface area contributed by atoms with Crippen LogP contribution in [-0.2, 0) is 4.79 Å². The fourth-order valence-corrected chi connectivity index (χ4v) is 2.84. The zero-order valence-corrected chi connectivity index (χ0v) is 12.4. The molecule has 3 N–H and O–H groups in total. The number of nitrogens with one attached hydrogen (secondary N) is 1. The highest BCUT2D eigenvalue weighted by Gasteiger charge is 2.25. The SMILES string of the molecule is Nc1ccccc1N1CCC(C(=O)Nc2ccncc2)CC1. The van der Waals surface area contributed by atoms with Crippen molar-refractivity contribution >= 4 is 23.0 Å². The fourth-order valence-electron chi connectivity index (χ4n) is 2.84. The van der Waals surface area contributed by atoms with E-state index in [2.05, 4.69) is 15.2 Å². The lowest BCUT2D eigenvalue weighted by Crippen LogP contribution is -2.38. The molecular formula is C17H20N4O. The molecule has 1 aliphatic rings. The molecule has 114 valence electrons. The number of nitrogens with zero attached hydrogens (tertiary/aromatic N) is 2. The van der Waals surface area contributed by atoms with E-state index in [0.29, 0.717) is 0 Å². The smallest absolute Gasteiger partial charge is 0.227 e. The number of hydrogen-bond donors (Lipinski definition) is 2. The summed E-state index contributed by atoms with van der Waals surface area (Å²) in [7, 11) is 0. The lowest BCUT2D eigenvalue weighted by molar-refractivity contribution is -0.120. The van der Waals surface area contributed by atoms with Crippen LogP contribution in [0, 0.1) is 5.92 Å². The lowest BCUT2D eigenvalue weighted by Gasteiger charge is -2.33. The van der Waals surface area contributed by atoms with E-state index in [1.54, 1.807) is 24.5 Å². The van der Waals surface area contributed by atoms with Gasteiger partial charge in [-0.05, 0) is 37.1 Å². The Bertz CT molecular complexity index is 636. The first-order chi connectivity index (χ1) is 10.7. The Kier molecular flexibility index (Phi) is 4.23. The van der Waals surface area contributed by atoms with E-state index in [0.717, 1.165) is 43.0 Å². The highest BCUT2D eigenvalue weighted by atomic mass is 16.1. The lowest BCUT2D eigenvalue weighted by atomic mass is 9.95. The Morgan fingerprint density at radius 3 is 2.50 bits per heavy atom. The van der Waals surface area contributed by atoms with Gasteiger partial charge in [-0.15, -0.1) is 0 Å². The van der Waals surface area contributed by atoms with Crippen molar-refractivity contribution in [2.75, 3.05) is 29.0 Å². The second-order valence-corrected chi connectivity index (χ2v) is 5.55. The highest BCUT2D eigenvalue weighted by Crippen LogP contribution is 2.28. The molecule has 2 aromatic rings. The van der Waals surface area contributed by atoms with Gasteiger partial charge < -0.3 is 16.0 Å². The first-order valence-electron chi connectivity index (χ1n) is 7.54. The number of aromatic nitrogens is 1. The molecule has 0 atom stereocenters. The standard InChI is InChI=1S/C17H20N4O/c18-15-3-1-2-4-16(15)21-11-7-13(8-12-21)17(22)20-14-5-9-19-10-6-14/h1-6,9-10,13H,7-8,11-12,18H2,(H,19,20,22). The molecule has 0 unspecified atom stereocenters. The summed E-state index contributed by atoms with van der Waals surface area (Å²) in [6.07, 6.45) is 5.03. The van der Waals surface area contributed by atoms with Crippen LogP contribution in [-0.4, -0.2) is 24.0 Å². The zero-order valence-electron chi connectivity index (χ0n) is 12.4. The van der Waals surface area contributed by atoms with Gasteiger partial charge in [0.1, 0.15) is 0 Å². The van der Waals surface area contributed by atoms with Gasteiger partial charge in [0.25, 0.3) is 0 Å². The summed E-state index contributed by atoms with van der Waals surface area (Å²) in [4.78, 5) is 18.5. The molecule has 5 nitrogen and oxygen atoms in total. The van der Waals surface area contributed by atoms with Gasteiger partial charge in [-0.3, -0.25) is 9.78 Å². The minimum Gasteiger partial charge on any atom is -0.397 e. The third-order valence-electron chi connectivity index (χ3n) is 4.09. The van der Waals surface area contributed by atoms with Gasteiger partial charge in [0, 0.05) is 37.1 Å². The molecule has 22 heavy (non-hydrogen) atoms. The third kappa shape index (κ3) is 3.19. The Balaban J connectivity index is 1.58. The maximum atomic E-state index is 12.3. The molecule has 1 aliphatic heterocycles. The van der Waals surface area contributed by atoms with Gasteiger partial charge in [-0.25, -0.2) is 0 Å². The van der Waals surface area contributed by atoms with Crippen LogP contribution in [0.2, 0.25) is 0 Å². The van der Waals surface area contributed by atoms with E-state index >= 15 is 0 Å². The summed E-state index contributed by atoms with van der Waals surface area (Å²) >= 11 is 0. The number of benzene rings is 1. The number of pyridine rings is 1. The molecule has 1 aromatic carbocycles. The van der Waals surface area contributed by atoms with Crippen molar-refractivity contribution in [1.29, 1.82) is 0 Å². The van der Waals surface area contributed by atoms with Crippen LogP contribution in [0.4, 0.5) is 17.1 Å². The number of hydrogen-bond acceptors (Lipinski definition) is 4. The highest BCUT2D eigenvalue weighted by molar-refractivity contribution is 5.92. The van der Waals surface area contributed by atoms with Crippen LogP contribution < -0.4 is 16.0 Å². The molecule has 1 aromatic heterocycles. The van der Waals surface area contributed by atoms with Crippen LogP contribution in [0.25, 0.3) is 0 Å². The number of anilines is 3. The summed E-state index contributed by atoms with van der Waals surface area (Å²) < 4.78 is 0. The Morgan fingerprint density at radius 2 is 1.82 bits per heavy atom. The minimum absolute atomic E-state index is 0.0503. The van der Waals surface area contributed by atoms with Crippen LogP contribution >= 0.6 is 0 Å². The van der Waals surface area contributed by atoms with Crippen molar-refractivity contribution in [1.82, 2.24) is 4.98 Å². The summed E-state index contributed by atoms with van der Waals surface area (Å²) in [5.74, 6) is 0.140. The average Bonchev–Trinajstić information content (AvgIpc) is 2.56. The van der Waals surface area contributed by atoms with Crippen LogP contribution in [0.3, 0.4) is 0 Å². The zero-order chi connectivity index (χ0) is 15.4. The molecule has 1 fully saturated rings. The third-order valence-corrected chi connectivity index (χ3v) is 4.09. The quantitative estimate of drug-likeness (QED) is 0.854. The predicted octanol–water partition coefficient (Wildman–Crippen LogP) is 2.52. The van der Waals surface area contributed by atoms with Gasteiger partial charge in [0.05, 0.1) is 11.4 Å². The van der Waals surface area contributed by atoms with E-state index < -0.39 is 0 Å². The number of nitrogens with two attached hydrogens (primary N) is 1. The molecule has 1 saturated heterocycles. The van der Waals surface area contributed by atoms with E-state index in [9.17, 15) is 4.79 Å². The summed E-state index contributed by atoms with van der Waals surface area (Å²) in [5, 5.41) is 2.96. The molecule has 5 heteroatoms. The molecule has 0 bridgehead atoms. The average molecular weight is 296 g/mol. The van der Waals surface area contributed by atoms with Crippen LogP contribution in [0.1, 0.15) is 12.8 Å². The van der Waals surface area contributed by atoms with Crippen LogP contribution in [0.15, 0.2) is 48.8 Å². The largest absolute Gasteiger partial charge is 0.397 e. The number of carbonyl (C=O) groups excluding carboxylic acids is 1.